The van der Waals surface area contributed by atoms with Gasteiger partial charge in [-0.25, -0.2) is 0 Å². The van der Waals surface area contributed by atoms with E-state index in [1.54, 1.807) is 18.2 Å². The van der Waals surface area contributed by atoms with Gasteiger partial charge in [-0.3, -0.25) is 14.2 Å². The van der Waals surface area contributed by atoms with Crippen molar-refractivity contribution >= 4 is 39.1 Å². The minimum Gasteiger partial charge on any atom is -0.491 e. The number of halogens is 2. The molecule has 1 fully saturated rings. The summed E-state index contributed by atoms with van der Waals surface area (Å²) in [7, 11) is -4.05. The van der Waals surface area contributed by atoms with E-state index in [4.69, 9.17) is 32.5 Å². The fraction of sp³-hybridized carbons (Fsp3) is 0.458. The highest BCUT2D eigenvalue weighted by atomic mass is 35.5. The van der Waals surface area contributed by atoms with Crippen LogP contribution in [0.5, 0.6) is 5.75 Å². The van der Waals surface area contributed by atoms with E-state index in [1.165, 1.54) is 0 Å². The van der Waals surface area contributed by atoms with Gasteiger partial charge in [0.1, 0.15) is 5.75 Å². The Labute approximate surface area is 205 Å². The first kappa shape index (κ1) is 26.0. The molecule has 1 aliphatic rings. The zero-order chi connectivity index (χ0) is 24.2. The molecule has 2 aromatic rings. The molecule has 180 valence electrons. The molecule has 9 heteroatoms. The Kier molecular flexibility index (Phi) is 8.45. The lowest BCUT2D eigenvalue weighted by molar-refractivity contribution is 0.0941. The van der Waals surface area contributed by atoms with Crippen molar-refractivity contribution in [3.63, 3.8) is 0 Å². The predicted octanol–water partition coefficient (Wildman–Crippen LogP) is 5.28. The highest BCUT2D eigenvalue weighted by Crippen LogP contribution is 2.41. The van der Waals surface area contributed by atoms with Gasteiger partial charge in [-0.15, -0.1) is 0 Å². The minimum absolute atomic E-state index is 0.00733. The summed E-state index contributed by atoms with van der Waals surface area (Å²) in [4.78, 5) is 15.1. The molecule has 1 heterocycles. The second kappa shape index (κ2) is 10.7. The monoisotopic (exact) mass is 513 g/mol. The van der Waals surface area contributed by atoms with Crippen LogP contribution in [0.15, 0.2) is 42.5 Å². The van der Waals surface area contributed by atoms with E-state index in [9.17, 15) is 13.2 Å². The molecule has 0 saturated carbocycles. The zero-order valence-corrected chi connectivity index (χ0v) is 21.1. The first-order valence-corrected chi connectivity index (χ1v) is 13.3. The molecular weight excluding hydrogens is 485 g/mol. The Morgan fingerprint density at radius 2 is 1.94 bits per heavy atom. The standard InChI is InChI=1S/C24H29Cl2NO5S/c1-17(2)32-20-6-3-5-18(13-20)23(28)15-27-11-10-24(16-27,9-4-12-33(29,30)31)19-7-8-21(25)22(26)14-19/h3,5-8,13-14,17H,4,9-12,15-16H2,1-2H3,(H,29,30,31). The quantitative estimate of drug-likeness (QED) is 0.343. The van der Waals surface area contributed by atoms with Crippen LogP contribution < -0.4 is 4.74 Å². The molecule has 1 saturated heterocycles. The maximum absolute atomic E-state index is 13.0. The van der Waals surface area contributed by atoms with Crippen LogP contribution in [0.25, 0.3) is 0 Å². The molecule has 1 N–H and O–H groups in total. The molecule has 0 aliphatic carbocycles. The summed E-state index contributed by atoms with van der Waals surface area (Å²) in [6.45, 7) is 5.36. The number of carbonyl (C=O) groups is 1. The SMILES string of the molecule is CC(C)Oc1cccc(C(=O)CN2CCC(CCCS(=O)(=O)O)(c3ccc(Cl)c(Cl)c3)C2)c1. The number of ether oxygens (including phenoxy) is 1. The molecule has 1 unspecified atom stereocenters. The molecule has 0 radical (unpaired) electrons. The normalized spacial score (nSPS) is 19.2. The molecule has 2 aromatic carbocycles. The van der Waals surface area contributed by atoms with E-state index in [0.29, 0.717) is 47.3 Å². The molecule has 0 amide bonds. The zero-order valence-electron chi connectivity index (χ0n) is 18.8. The number of hydrogen-bond acceptors (Lipinski definition) is 5. The molecule has 3 rings (SSSR count). The van der Waals surface area contributed by atoms with Gasteiger partial charge in [0.05, 0.1) is 28.4 Å². The van der Waals surface area contributed by atoms with E-state index in [2.05, 4.69) is 4.90 Å². The number of carbonyl (C=O) groups excluding carboxylic acids is 1. The molecule has 0 spiro atoms. The Morgan fingerprint density at radius 3 is 2.61 bits per heavy atom. The van der Waals surface area contributed by atoms with Crippen LogP contribution in [0.1, 0.15) is 49.0 Å². The number of ketones is 1. The van der Waals surface area contributed by atoms with Crippen molar-refractivity contribution < 1.29 is 22.5 Å². The van der Waals surface area contributed by atoms with Gasteiger partial charge < -0.3 is 4.74 Å². The third kappa shape index (κ3) is 7.17. The van der Waals surface area contributed by atoms with Crippen molar-refractivity contribution in [2.45, 2.75) is 44.6 Å². The summed E-state index contributed by atoms with van der Waals surface area (Å²) < 4.78 is 37.4. The smallest absolute Gasteiger partial charge is 0.264 e. The van der Waals surface area contributed by atoms with Gasteiger partial charge in [-0.1, -0.05) is 41.4 Å². The van der Waals surface area contributed by atoms with Gasteiger partial charge in [0, 0.05) is 17.5 Å². The molecule has 1 atom stereocenters. The van der Waals surface area contributed by atoms with Gasteiger partial charge in [-0.05, 0) is 69.5 Å². The first-order chi connectivity index (χ1) is 15.5. The maximum atomic E-state index is 13.0. The molecule has 33 heavy (non-hydrogen) atoms. The lowest BCUT2D eigenvalue weighted by Crippen LogP contribution is -2.34. The number of benzene rings is 2. The lowest BCUT2D eigenvalue weighted by Gasteiger charge is -2.30. The Hall–Kier alpha value is -1.64. The fourth-order valence-electron chi connectivity index (χ4n) is 4.41. The van der Waals surface area contributed by atoms with Crippen molar-refractivity contribution in [3.8, 4) is 5.75 Å². The van der Waals surface area contributed by atoms with Crippen molar-refractivity contribution in [2.75, 3.05) is 25.4 Å². The van der Waals surface area contributed by atoms with Crippen LogP contribution in [0.2, 0.25) is 10.0 Å². The fourth-order valence-corrected chi connectivity index (χ4v) is 5.21. The number of rotatable bonds is 10. The average molecular weight is 514 g/mol. The number of nitrogens with zero attached hydrogens (tertiary/aromatic N) is 1. The van der Waals surface area contributed by atoms with E-state index < -0.39 is 10.1 Å². The Balaban J connectivity index is 1.76. The van der Waals surface area contributed by atoms with Crippen LogP contribution in [0.4, 0.5) is 0 Å². The second-order valence-corrected chi connectivity index (χ2v) is 11.3. The highest BCUT2D eigenvalue weighted by Gasteiger charge is 2.40. The van der Waals surface area contributed by atoms with Crippen molar-refractivity contribution in [1.29, 1.82) is 0 Å². The summed E-state index contributed by atoms with van der Waals surface area (Å²) in [5.74, 6) is 0.345. The van der Waals surface area contributed by atoms with Gasteiger partial charge in [0.15, 0.2) is 5.78 Å². The third-order valence-electron chi connectivity index (χ3n) is 5.92. The maximum Gasteiger partial charge on any atom is 0.264 e. The summed E-state index contributed by atoms with van der Waals surface area (Å²) in [5.41, 5.74) is 1.16. The van der Waals surface area contributed by atoms with Gasteiger partial charge in [-0.2, -0.15) is 8.42 Å². The first-order valence-electron chi connectivity index (χ1n) is 10.9. The molecular formula is C24H29Cl2NO5S. The third-order valence-corrected chi connectivity index (χ3v) is 7.46. The number of Topliss-reactive ketones (excluding diaryl/α,β-unsaturated/α-hetero) is 1. The van der Waals surface area contributed by atoms with E-state index in [-0.39, 0.29) is 29.6 Å². The topological polar surface area (TPSA) is 83.9 Å². The van der Waals surface area contributed by atoms with E-state index in [0.717, 1.165) is 12.0 Å². The summed E-state index contributed by atoms with van der Waals surface area (Å²) >= 11 is 12.4. The largest absolute Gasteiger partial charge is 0.491 e. The van der Waals surface area contributed by atoms with Gasteiger partial charge in [0.25, 0.3) is 10.1 Å². The second-order valence-electron chi connectivity index (χ2n) is 8.88. The molecule has 6 nitrogen and oxygen atoms in total. The number of hydrogen-bond donors (Lipinski definition) is 1. The summed E-state index contributed by atoms with van der Waals surface area (Å²) in [6.07, 6.45) is 1.59. The van der Waals surface area contributed by atoms with Crippen LogP contribution in [0, 0.1) is 0 Å². The van der Waals surface area contributed by atoms with E-state index >= 15 is 0 Å². The Bertz CT molecular complexity index is 1110. The summed E-state index contributed by atoms with van der Waals surface area (Å²) in [5, 5.41) is 0.877. The van der Waals surface area contributed by atoms with Crippen molar-refractivity contribution in [2.24, 2.45) is 0 Å². The van der Waals surface area contributed by atoms with Crippen LogP contribution in [0.3, 0.4) is 0 Å². The predicted molar refractivity (Wildman–Crippen MR) is 131 cm³/mol. The average Bonchev–Trinajstić information content (AvgIpc) is 3.12. The number of likely N-dealkylation sites (tertiary alicyclic amines) is 1. The van der Waals surface area contributed by atoms with Crippen molar-refractivity contribution in [1.82, 2.24) is 4.90 Å². The van der Waals surface area contributed by atoms with Gasteiger partial charge >= 0.3 is 0 Å². The van der Waals surface area contributed by atoms with Crippen LogP contribution in [-0.4, -0.2) is 55.1 Å². The minimum atomic E-state index is -4.05. The summed E-state index contributed by atoms with van der Waals surface area (Å²) in [6, 6.07) is 12.6. The lowest BCUT2D eigenvalue weighted by atomic mass is 9.76. The van der Waals surface area contributed by atoms with Gasteiger partial charge in [0.2, 0.25) is 0 Å². The van der Waals surface area contributed by atoms with Crippen LogP contribution in [-0.2, 0) is 15.5 Å². The van der Waals surface area contributed by atoms with E-state index in [1.807, 2.05) is 38.1 Å². The van der Waals surface area contributed by atoms with Crippen LogP contribution >= 0.6 is 23.2 Å². The molecule has 0 aromatic heterocycles. The Morgan fingerprint density at radius 1 is 1.18 bits per heavy atom. The molecule has 1 aliphatic heterocycles. The van der Waals surface area contributed by atoms with Crippen molar-refractivity contribution in [3.05, 3.63) is 63.6 Å². The molecule has 0 bridgehead atoms. The highest BCUT2D eigenvalue weighted by molar-refractivity contribution is 7.85.